The number of aryl methyl sites for hydroxylation is 2. The Bertz CT molecular complexity index is 1400. The molecule has 2 unspecified atom stereocenters. The predicted octanol–water partition coefficient (Wildman–Crippen LogP) is 2.74. The fourth-order valence-electron chi connectivity index (χ4n) is 6.22. The summed E-state index contributed by atoms with van der Waals surface area (Å²) in [4.78, 5) is 49.7. The van der Waals surface area contributed by atoms with E-state index in [9.17, 15) is 22.8 Å². The molecule has 0 aliphatic carbocycles. The summed E-state index contributed by atoms with van der Waals surface area (Å²) in [6, 6.07) is 6.89. The van der Waals surface area contributed by atoms with Gasteiger partial charge in [-0.2, -0.15) is 18.2 Å². The van der Waals surface area contributed by atoms with Crippen LogP contribution in [0, 0.1) is 6.92 Å². The number of ether oxygens (including phenoxy) is 1. The number of halogens is 3. The summed E-state index contributed by atoms with van der Waals surface area (Å²) in [7, 11) is 0. The number of benzene rings is 1. The molecule has 14 heteroatoms. The summed E-state index contributed by atoms with van der Waals surface area (Å²) in [5, 5.41) is 14.8. The lowest BCUT2D eigenvalue weighted by molar-refractivity contribution is -0.300. The summed E-state index contributed by atoms with van der Waals surface area (Å²) in [6.07, 6.45) is -0.318. The molecule has 4 heterocycles. The highest BCUT2D eigenvalue weighted by molar-refractivity contribution is 6.27. The number of nitrogens with zero attached hydrogens (tertiary/aromatic N) is 4. The highest BCUT2D eigenvalue weighted by Crippen LogP contribution is 2.50. The molecule has 42 heavy (non-hydrogen) atoms. The van der Waals surface area contributed by atoms with Crippen LogP contribution in [0.5, 0.6) is 0 Å². The van der Waals surface area contributed by atoms with Crippen molar-refractivity contribution in [2.45, 2.75) is 102 Å². The largest absolute Gasteiger partial charge is 0.473 e. The molecule has 2 atom stereocenters. The monoisotopic (exact) mass is 596 g/mol. The van der Waals surface area contributed by atoms with E-state index in [2.05, 4.69) is 9.88 Å². The van der Waals surface area contributed by atoms with Crippen molar-refractivity contribution in [1.82, 2.24) is 19.0 Å². The molecule has 0 amide bonds. The van der Waals surface area contributed by atoms with Gasteiger partial charge in [0.1, 0.15) is 5.82 Å². The lowest BCUT2D eigenvalue weighted by Gasteiger charge is -2.47. The summed E-state index contributed by atoms with van der Waals surface area (Å²) in [5.74, 6) is -3.10. The molecule has 2 N–H and O–H groups in total. The average Bonchev–Trinajstić information content (AvgIpc) is 3.17. The minimum absolute atomic E-state index is 0.0657. The van der Waals surface area contributed by atoms with Gasteiger partial charge in [-0.15, -0.1) is 0 Å². The maximum Gasteiger partial charge on any atom is 0.417 e. The van der Waals surface area contributed by atoms with Crippen molar-refractivity contribution in [2.24, 2.45) is 0 Å². The van der Waals surface area contributed by atoms with E-state index in [0.717, 1.165) is 24.0 Å². The number of hydrogen-bond donors (Lipinski definition) is 2. The second-order valence-electron chi connectivity index (χ2n) is 11.1. The number of alkyl halides is 3. The molecule has 5 rings (SSSR count). The molecular weight excluding hydrogens is 561 g/mol. The summed E-state index contributed by atoms with van der Waals surface area (Å²) >= 11 is 0. The van der Waals surface area contributed by atoms with E-state index in [1.807, 2.05) is 31.2 Å². The van der Waals surface area contributed by atoms with Crippen molar-refractivity contribution in [2.75, 3.05) is 6.54 Å². The molecule has 2 bridgehead atoms. The van der Waals surface area contributed by atoms with Gasteiger partial charge < -0.3 is 14.9 Å². The molecule has 0 saturated carbocycles. The van der Waals surface area contributed by atoms with E-state index in [-0.39, 0.29) is 43.8 Å². The van der Waals surface area contributed by atoms with Gasteiger partial charge in [0, 0.05) is 51.0 Å². The molecule has 3 aliphatic heterocycles. The highest BCUT2D eigenvalue weighted by atomic mass is 19.4. The average molecular weight is 597 g/mol. The number of carbonyl (C=O) groups is 2. The standard InChI is InChI=1S/C26H33F3N4O3.C2H2O4/c1-18-7-2-3-8-19(18)17-36-25(26(27,28)29)15-20-10-11-21(16-25)31(20)13-6-14-33-23(34)30-22-9-4-5-12-32(22)24(33)35;3-1(4)2(5)6/h2-3,7-8,20-21H,4-6,9-17H2,1H3;(H,3,4)(H,5,6). The third-order valence-electron chi connectivity index (χ3n) is 8.43. The zero-order valence-electron chi connectivity index (χ0n) is 23.3. The first-order valence-electron chi connectivity index (χ1n) is 14.0. The van der Waals surface area contributed by atoms with Crippen LogP contribution in [0.2, 0.25) is 0 Å². The Labute approximate surface area is 239 Å². The van der Waals surface area contributed by atoms with Crippen molar-refractivity contribution in [3.8, 4) is 0 Å². The molecule has 230 valence electrons. The van der Waals surface area contributed by atoms with E-state index >= 15 is 0 Å². The van der Waals surface area contributed by atoms with Crippen LogP contribution in [0.15, 0.2) is 33.9 Å². The molecule has 0 radical (unpaired) electrons. The fourth-order valence-corrected chi connectivity index (χ4v) is 6.22. The van der Waals surface area contributed by atoms with E-state index in [4.69, 9.17) is 24.5 Å². The van der Waals surface area contributed by atoms with Crippen LogP contribution in [0.1, 0.15) is 61.9 Å². The smallest absolute Gasteiger partial charge is 0.417 e. The molecule has 0 spiro atoms. The number of piperidine rings is 1. The van der Waals surface area contributed by atoms with E-state index in [1.54, 1.807) is 4.57 Å². The zero-order valence-corrected chi connectivity index (χ0v) is 23.3. The van der Waals surface area contributed by atoms with Gasteiger partial charge in [-0.1, -0.05) is 24.3 Å². The van der Waals surface area contributed by atoms with Gasteiger partial charge in [0.25, 0.3) is 0 Å². The zero-order chi connectivity index (χ0) is 30.7. The highest BCUT2D eigenvalue weighted by Gasteiger charge is 2.62. The molecule has 2 aromatic rings. The molecule has 1 aromatic heterocycles. The Balaban J connectivity index is 0.000000612. The maximum atomic E-state index is 14.4. The minimum atomic E-state index is -4.46. The second-order valence-corrected chi connectivity index (χ2v) is 11.1. The van der Waals surface area contributed by atoms with Crippen LogP contribution in [0.4, 0.5) is 13.2 Å². The molecule has 11 nitrogen and oxygen atoms in total. The molecule has 2 fully saturated rings. The van der Waals surface area contributed by atoms with E-state index < -0.39 is 29.4 Å². The van der Waals surface area contributed by atoms with Gasteiger partial charge in [0.2, 0.25) is 0 Å². The predicted molar refractivity (Wildman–Crippen MR) is 143 cm³/mol. The van der Waals surface area contributed by atoms with Gasteiger partial charge in [0.15, 0.2) is 5.60 Å². The molecular formula is C28H35F3N4O7. The Morgan fingerprint density at radius 2 is 1.69 bits per heavy atom. The quantitative estimate of drug-likeness (QED) is 0.461. The first kappa shape index (κ1) is 31.4. The third kappa shape index (κ3) is 6.75. The molecule has 1 aromatic carbocycles. The third-order valence-corrected chi connectivity index (χ3v) is 8.43. The number of aromatic nitrogens is 3. The van der Waals surface area contributed by atoms with Crippen LogP contribution >= 0.6 is 0 Å². The van der Waals surface area contributed by atoms with Crippen molar-refractivity contribution in [3.05, 3.63) is 62.2 Å². The Morgan fingerprint density at radius 1 is 1.05 bits per heavy atom. The van der Waals surface area contributed by atoms with Crippen LogP contribution in [-0.2, 0) is 40.4 Å². The maximum absolute atomic E-state index is 14.4. The number of aliphatic carboxylic acids is 2. The van der Waals surface area contributed by atoms with Gasteiger partial charge in [-0.05, 0) is 50.2 Å². The van der Waals surface area contributed by atoms with Crippen LogP contribution in [-0.4, -0.2) is 71.6 Å². The lowest BCUT2D eigenvalue weighted by atomic mass is 9.84. The van der Waals surface area contributed by atoms with Crippen LogP contribution in [0.3, 0.4) is 0 Å². The van der Waals surface area contributed by atoms with Gasteiger partial charge in [0.05, 0.1) is 6.61 Å². The second kappa shape index (κ2) is 12.8. The minimum Gasteiger partial charge on any atom is -0.473 e. The SMILES string of the molecule is Cc1ccccc1COC1(C(F)(F)F)CC2CCC(C1)N2CCCn1c(=O)nc2n(c1=O)CCCC2.O=C(O)C(=O)O. The number of hydrogen-bond acceptors (Lipinski definition) is 7. The number of fused-ring (bicyclic) bond motifs is 3. The Kier molecular flexibility index (Phi) is 9.56. The number of rotatable bonds is 7. The van der Waals surface area contributed by atoms with E-state index in [1.165, 1.54) is 4.57 Å². The van der Waals surface area contributed by atoms with Gasteiger partial charge in [-0.25, -0.2) is 23.7 Å². The fraction of sp³-hybridized carbons (Fsp3) is 0.607. The van der Waals surface area contributed by atoms with Gasteiger partial charge in [-0.3, -0.25) is 9.47 Å². The lowest BCUT2D eigenvalue weighted by Crippen LogP contribution is -2.59. The first-order valence-corrected chi connectivity index (χ1v) is 14.0. The van der Waals surface area contributed by atoms with Gasteiger partial charge >= 0.3 is 29.5 Å². The topological polar surface area (TPSA) is 144 Å². The van der Waals surface area contributed by atoms with Crippen molar-refractivity contribution in [3.63, 3.8) is 0 Å². The van der Waals surface area contributed by atoms with E-state index in [0.29, 0.717) is 44.6 Å². The molecule has 3 aliphatic rings. The summed E-state index contributed by atoms with van der Waals surface area (Å²) < 4.78 is 51.6. The normalized spacial score (nSPS) is 23.5. The van der Waals surface area contributed by atoms with Crippen LogP contribution < -0.4 is 11.4 Å². The first-order chi connectivity index (χ1) is 19.8. The Hall–Kier alpha value is -3.52. The van der Waals surface area contributed by atoms with Crippen molar-refractivity contribution >= 4 is 11.9 Å². The number of carboxylic acids is 2. The summed E-state index contributed by atoms with van der Waals surface area (Å²) in [5.41, 5.74) is -1.33. The molecule has 2 saturated heterocycles. The Morgan fingerprint density at radius 3 is 2.29 bits per heavy atom. The summed E-state index contributed by atoms with van der Waals surface area (Å²) in [6.45, 7) is 3.13. The van der Waals surface area contributed by atoms with Crippen molar-refractivity contribution in [1.29, 1.82) is 0 Å². The number of carboxylic acid groups (broad SMARTS) is 2. The van der Waals surface area contributed by atoms with Crippen molar-refractivity contribution < 1.29 is 37.7 Å². The van der Waals surface area contributed by atoms with Crippen LogP contribution in [0.25, 0.3) is 0 Å².